The molecular formula is C22H36O2. The number of rotatable bonds is 1. The number of allylic oxidation sites excluding steroid dienone is 1. The van der Waals surface area contributed by atoms with Crippen LogP contribution < -0.4 is 0 Å². The van der Waals surface area contributed by atoms with Gasteiger partial charge in [0.1, 0.15) is 0 Å². The zero-order chi connectivity index (χ0) is 17.3. The Hall–Kier alpha value is -0.340. The van der Waals surface area contributed by atoms with E-state index in [-0.39, 0.29) is 23.0 Å². The highest BCUT2D eigenvalue weighted by Gasteiger charge is 2.63. The fraction of sp³-hybridized carbons (Fsp3) is 0.909. The molecule has 4 aliphatic rings. The normalized spacial score (nSPS) is 55.2. The Morgan fingerprint density at radius 3 is 2.46 bits per heavy atom. The molecule has 8 atom stereocenters. The molecule has 0 heterocycles. The summed E-state index contributed by atoms with van der Waals surface area (Å²) in [6, 6.07) is 0. The summed E-state index contributed by atoms with van der Waals surface area (Å²) in [6.45, 7) is 9.34. The molecule has 0 spiro atoms. The number of fused-ring (bicyclic) bond motifs is 5. The van der Waals surface area contributed by atoms with Crippen molar-refractivity contribution < 1.29 is 10.2 Å². The van der Waals surface area contributed by atoms with Crippen molar-refractivity contribution in [2.75, 3.05) is 0 Å². The molecule has 2 heteroatoms. The van der Waals surface area contributed by atoms with E-state index in [4.69, 9.17) is 0 Å². The standard InChI is InChI=1S/C22H36O2/c1-14(23)21(3)11-9-19-17-6-5-15-13-16(24)7-10-20(15,2)18(17)8-12-22(19,21)4/h5,14,16-19,23-24H,6-13H2,1-4H3/t14-,16-,17?,18?,19?,20?,21+,22?/m0/s1. The minimum Gasteiger partial charge on any atom is -0.393 e. The molecule has 0 radical (unpaired) electrons. The monoisotopic (exact) mass is 332 g/mol. The van der Waals surface area contributed by atoms with Gasteiger partial charge < -0.3 is 10.2 Å². The van der Waals surface area contributed by atoms with Crippen molar-refractivity contribution in [1.82, 2.24) is 0 Å². The van der Waals surface area contributed by atoms with E-state index in [0.717, 1.165) is 37.0 Å². The second-order valence-electron chi connectivity index (χ2n) is 10.2. The molecule has 4 aliphatic carbocycles. The Morgan fingerprint density at radius 2 is 1.75 bits per heavy atom. The maximum absolute atomic E-state index is 10.5. The van der Waals surface area contributed by atoms with Crippen molar-refractivity contribution >= 4 is 0 Å². The lowest BCUT2D eigenvalue weighted by molar-refractivity contribution is -0.107. The second-order valence-corrected chi connectivity index (χ2v) is 10.2. The first-order valence-corrected chi connectivity index (χ1v) is 10.3. The highest BCUT2D eigenvalue weighted by molar-refractivity contribution is 5.26. The fourth-order valence-electron chi connectivity index (χ4n) is 7.63. The number of aliphatic hydroxyl groups is 2. The molecule has 2 N–H and O–H groups in total. The van der Waals surface area contributed by atoms with Crippen molar-refractivity contribution in [3.05, 3.63) is 11.6 Å². The van der Waals surface area contributed by atoms with Gasteiger partial charge in [0.05, 0.1) is 12.2 Å². The van der Waals surface area contributed by atoms with Gasteiger partial charge in [0.15, 0.2) is 0 Å². The van der Waals surface area contributed by atoms with Crippen molar-refractivity contribution in [3.63, 3.8) is 0 Å². The summed E-state index contributed by atoms with van der Waals surface area (Å²) in [5.74, 6) is 2.34. The Labute approximate surface area is 147 Å². The molecule has 0 bridgehead atoms. The molecule has 24 heavy (non-hydrogen) atoms. The van der Waals surface area contributed by atoms with Crippen LogP contribution in [-0.4, -0.2) is 22.4 Å². The third-order valence-electron chi connectivity index (χ3n) is 9.67. The molecule has 0 saturated heterocycles. The lowest BCUT2D eigenvalue weighted by Crippen LogP contribution is -2.53. The Bertz CT molecular complexity index is 552. The van der Waals surface area contributed by atoms with Crippen LogP contribution in [0, 0.1) is 34.0 Å². The van der Waals surface area contributed by atoms with Crippen LogP contribution in [-0.2, 0) is 0 Å². The van der Waals surface area contributed by atoms with Crippen molar-refractivity contribution in [2.45, 2.75) is 91.3 Å². The lowest BCUT2D eigenvalue weighted by atomic mass is 9.45. The minimum atomic E-state index is -0.209. The maximum Gasteiger partial charge on any atom is 0.0577 e. The van der Waals surface area contributed by atoms with Crippen molar-refractivity contribution in [2.24, 2.45) is 34.0 Å². The quantitative estimate of drug-likeness (QED) is 0.683. The van der Waals surface area contributed by atoms with Gasteiger partial charge in [0.25, 0.3) is 0 Å². The van der Waals surface area contributed by atoms with Gasteiger partial charge in [-0.25, -0.2) is 0 Å². The Morgan fingerprint density at radius 1 is 1.04 bits per heavy atom. The molecule has 4 rings (SSSR count). The number of hydrogen-bond acceptors (Lipinski definition) is 2. The average molecular weight is 333 g/mol. The molecule has 0 aromatic carbocycles. The zero-order valence-corrected chi connectivity index (χ0v) is 16.0. The van der Waals surface area contributed by atoms with Crippen molar-refractivity contribution in [3.8, 4) is 0 Å². The van der Waals surface area contributed by atoms with Crippen LogP contribution in [0.1, 0.15) is 79.1 Å². The van der Waals surface area contributed by atoms with Gasteiger partial charge in [-0.3, -0.25) is 0 Å². The van der Waals surface area contributed by atoms with E-state index < -0.39 is 0 Å². The third kappa shape index (κ3) is 2.02. The summed E-state index contributed by atoms with van der Waals surface area (Å²) in [4.78, 5) is 0. The maximum atomic E-state index is 10.5. The van der Waals surface area contributed by atoms with Crippen LogP contribution in [0.5, 0.6) is 0 Å². The molecule has 0 amide bonds. The van der Waals surface area contributed by atoms with Crippen LogP contribution in [0.4, 0.5) is 0 Å². The molecule has 0 aromatic rings. The SMILES string of the molecule is C[C@H](O)[C@@]1(C)CCC2C3CC=C4C[C@@H](O)CCC4(C)C3CCC21C. The van der Waals surface area contributed by atoms with Crippen LogP contribution in [0.25, 0.3) is 0 Å². The first kappa shape index (κ1) is 17.1. The van der Waals surface area contributed by atoms with Crippen molar-refractivity contribution in [1.29, 1.82) is 0 Å². The van der Waals surface area contributed by atoms with E-state index in [1.54, 1.807) is 5.57 Å². The first-order chi connectivity index (χ1) is 11.2. The predicted octanol–water partition coefficient (Wildman–Crippen LogP) is 4.70. The summed E-state index contributed by atoms with van der Waals surface area (Å²) in [5.41, 5.74) is 2.25. The molecule has 136 valence electrons. The highest BCUT2D eigenvalue weighted by Crippen LogP contribution is 2.70. The van der Waals surface area contributed by atoms with Crippen LogP contribution in [0.15, 0.2) is 11.6 Å². The number of aliphatic hydroxyl groups excluding tert-OH is 2. The van der Waals surface area contributed by atoms with Gasteiger partial charge in [-0.15, -0.1) is 0 Å². The lowest BCUT2D eigenvalue weighted by Gasteiger charge is -2.60. The average Bonchev–Trinajstić information content (AvgIpc) is 2.81. The predicted molar refractivity (Wildman–Crippen MR) is 97.5 cm³/mol. The van der Waals surface area contributed by atoms with E-state index in [1.165, 1.54) is 32.1 Å². The Kier molecular flexibility index (Phi) is 3.80. The van der Waals surface area contributed by atoms with Crippen LogP contribution >= 0.6 is 0 Å². The van der Waals surface area contributed by atoms with Gasteiger partial charge >= 0.3 is 0 Å². The first-order valence-electron chi connectivity index (χ1n) is 10.3. The summed E-state index contributed by atoms with van der Waals surface area (Å²) >= 11 is 0. The largest absolute Gasteiger partial charge is 0.393 e. The summed E-state index contributed by atoms with van der Waals surface area (Å²) in [5, 5.41) is 20.7. The molecule has 3 fully saturated rings. The minimum absolute atomic E-state index is 0.0797. The topological polar surface area (TPSA) is 40.5 Å². The molecular weight excluding hydrogens is 296 g/mol. The van der Waals surface area contributed by atoms with E-state index in [0.29, 0.717) is 5.41 Å². The van der Waals surface area contributed by atoms with Crippen LogP contribution in [0.3, 0.4) is 0 Å². The fourth-order valence-corrected chi connectivity index (χ4v) is 7.63. The molecule has 0 aliphatic heterocycles. The van der Waals surface area contributed by atoms with Gasteiger partial charge in [-0.05, 0) is 92.3 Å². The highest BCUT2D eigenvalue weighted by atomic mass is 16.3. The van der Waals surface area contributed by atoms with E-state index in [2.05, 4.69) is 26.8 Å². The van der Waals surface area contributed by atoms with E-state index in [9.17, 15) is 10.2 Å². The summed E-state index contributed by atoms with van der Waals surface area (Å²) in [6.07, 6.45) is 11.5. The third-order valence-corrected chi connectivity index (χ3v) is 9.67. The number of hydrogen-bond donors (Lipinski definition) is 2. The van der Waals surface area contributed by atoms with Gasteiger partial charge in [-0.1, -0.05) is 32.4 Å². The summed E-state index contributed by atoms with van der Waals surface area (Å²) in [7, 11) is 0. The van der Waals surface area contributed by atoms with E-state index in [1.807, 2.05) is 6.92 Å². The summed E-state index contributed by atoms with van der Waals surface area (Å²) < 4.78 is 0. The van der Waals surface area contributed by atoms with Gasteiger partial charge in [0.2, 0.25) is 0 Å². The van der Waals surface area contributed by atoms with E-state index >= 15 is 0 Å². The van der Waals surface area contributed by atoms with Crippen LogP contribution in [0.2, 0.25) is 0 Å². The molecule has 5 unspecified atom stereocenters. The smallest absolute Gasteiger partial charge is 0.0577 e. The Balaban J connectivity index is 1.68. The zero-order valence-electron chi connectivity index (χ0n) is 16.0. The van der Waals surface area contributed by atoms with Gasteiger partial charge in [-0.2, -0.15) is 0 Å². The van der Waals surface area contributed by atoms with Gasteiger partial charge in [0, 0.05) is 0 Å². The molecule has 2 nitrogen and oxygen atoms in total. The molecule has 0 aromatic heterocycles. The molecule has 3 saturated carbocycles. The second kappa shape index (κ2) is 5.33.